The summed E-state index contributed by atoms with van der Waals surface area (Å²) in [7, 11) is 0. The molecular formula is C11H16BrNO4S. The normalized spacial score (nSPS) is 17.3. The number of halogens is 1. The summed E-state index contributed by atoms with van der Waals surface area (Å²) >= 11 is 4.87. The van der Waals surface area contributed by atoms with Crippen LogP contribution in [0.4, 0.5) is 0 Å². The topological polar surface area (TPSA) is 65.0 Å². The number of carbonyl (C=O) groups is 2. The molecule has 5 nitrogen and oxygen atoms in total. The van der Waals surface area contributed by atoms with Crippen molar-refractivity contribution in [2.24, 2.45) is 5.16 Å². The third kappa shape index (κ3) is 4.97. The lowest BCUT2D eigenvalue weighted by Gasteiger charge is -2.19. The zero-order valence-corrected chi connectivity index (χ0v) is 12.6. The van der Waals surface area contributed by atoms with Gasteiger partial charge in [0.15, 0.2) is 0 Å². The Morgan fingerprint density at radius 1 is 1.39 bits per heavy atom. The molecular weight excluding hydrogens is 322 g/mol. The highest BCUT2D eigenvalue weighted by molar-refractivity contribution is 9.09. The first-order valence-corrected chi connectivity index (χ1v) is 8.04. The summed E-state index contributed by atoms with van der Waals surface area (Å²) in [6.45, 7) is 1.88. The van der Waals surface area contributed by atoms with Crippen LogP contribution in [0.25, 0.3) is 0 Å². The number of oxime groups is 1. The Balaban J connectivity index is 2.62. The maximum Gasteiger partial charge on any atom is 0.364 e. The van der Waals surface area contributed by atoms with Gasteiger partial charge in [-0.1, -0.05) is 21.1 Å². The summed E-state index contributed by atoms with van der Waals surface area (Å²) in [5.74, 6) is 0.869. The van der Waals surface area contributed by atoms with Crippen LogP contribution in [-0.4, -0.2) is 47.0 Å². The summed E-state index contributed by atoms with van der Waals surface area (Å²) in [6.07, 6.45) is 1.75. The third-order valence-corrected chi connectivity index (χ3v) is 3.87. The summed E-state index contributed by atoms with van der Waals surface area (Å²) in [5, 5.41) is 3.71. The molecule has 102 valence electrons. The molecule has 0 aromatic rings. The van der Waals surface area contributed by atoms with E-state index in [-0.39, 0.29) is 23.8 Å². The molecule has 1 aliphatic rings. The van der Waals surface area contributed by atoms with Crippen molar-refractivity contribution in [1.29, 1.82) is 0 Å². The number of hydrogen-bond acceptors (Lipinski definition) is 6. The van der Waals surface area contributed by atoms with Crippen molar-refractivity contribution in [3.8, 4) is 0 Å². The number of alkyl halides is 1. The van der Waals surface area contributed by atoms with Gasteiger partial charge in [-0.2, -0.15) is 11.8 Å². The van der Waals surface area contributed by atoms with Gasteiger partial charge in [0.1, 0.15) is 6.10 Å². The van der Waals surface area contributed by atoms with Gasteiger partial charge in [0.2, 0.25) is 11.5 Å². The Bertz CT molecular complexity index is 329. The van der Waals surface area contributed by atoms with E-state index in [2.05, 4.69) is 21.1 Å². The van der Waals surface area contributed by atoms with Crippen molar-refractivity contribution in [3.63, 3.8) is 0 Å². The molecule has 7 heteroatoms. The van der Waals surface area contributed by atoms with E-state index in [0.717, 1.165) is 24.3 Å². The second-order valence-electron chi connectivity index (χ2n) is 3.63. The first-order chi connectivity index (χ1) is 8.69. The molecule has 1 heterocycles. The van der Waals surface area contributed by atoms with Crippen LogP contribution in [0.1, 0.15) is 19.8 Å². The van der Waals surface area contributed by atoms with Crippen molar-refractivity contribution in [1.82, 2.24) is 0 Å². The van der Waals surface area contributed by atoms with Crippen LogP contribution in [0.2, 0.25) is 0 Å². The van der Waals surface area contributed by atoms with Crippen molar-refractivity contribution in [2.75, 3.05) is 23.4 Å². The second-order valence-corrected chi connectivity index (χ2v) is 5.42. The van der Waals surface area contributed by atoms with E-state index < -0.39 is 11.8 Å². The predicted octanol–water partition coefficient (Wildman–Crippen LogP) is 1.78. The zero-order valence-electron chi connectivity index (χ0n) is 10.2. The van der Waals surface area contributed by atoms with Crippen molar-refractivity contribution in [3.05, 3.63) is 0 Å². The van der Waals surface area contributed by atoms with Crippen LogP contribution in [0.3, 0.4) is 0 Å². The number of ketones is 1. The minimum atomic E-state index is -0.730. The van der Waals surface area contributed by atoms with E-state index >= 15 is 0 Å². The minimum absolute atomic E-state index is 0.0150. The van der Waals surface area contributed by atoms with Crippen molar-refractivity contribution in [2.45, 2.75) is 25.9 Å². The van der Waals surface area contributed by atoms with Crippen molar-refractivity contribution < 1.29 is 19.2 Å². The molecule has 1 fully saturated rings. The molecule has 0 aromatic carbocycles. The van der Waals surface area contributed by atoms with E-state index in [1.807, 2.05) is 11.8 Å². The molecule has 1 rings (SSSR count). The van der Waals surface area contributed by atoms with Gasteiger partial charge in [0, 0.05) is 0 Å². The first kappa shape index (κ1) is 15.5. The highest BCUT2D eigenvalue weighted by atomic mass is 79.9. The molecule has 0 spiro atoms. The number of hydrogen-bond donors (Lipinski definition) is 0. The molecule has 0 aromatic heterocycles. The quantitative estimate of drug-likeness (QED) is 0.243. The van der Waals surface area contributed by atoms with Gasteiger partial charge in [-0.3, -0.25) is 4.79 Å². The number of nitrogens with zero attached hydrogens (tertiary/aromatic N) is 1. The number of rotatable bonds is 6. The van der Waals surface area contributed by atoms with E-state index in [1.54, 1.807) is 6.92 Å². The summed E-state index contributed by atoms with van der Waals surface area (Å²) < 4.78 is 4.77. The van der Waals surface area contributed by atoms with Gasteiger partial charge in [0.25, 0.3) is 0 Å². The zero-order chi connectivity index (χ0) is 13.4. The number of ether oxygens (including phenoxy) is 1. The summed E-state index contributed by atoms with van der Waals surface area (Å²) in [4.78, 5) is 28.3. The molecule has 1 saturated heterocycles. The highest BCUT2D eigenvalue weighted by Gasteiger charge is 2.23. The van der Waals surface area contributed by atoms with Gasteiger partial charge >= 0.3 is 5.97 Å². The average Bonchev–Trinajstić information content (AvgIpc) is 2.40. The van der Waals surface area contributed by atoms with Gasteiger partial charge in [-0.15, -0.1) is 0 Å². The maximum atomic E-state index is 11.5. The van der Waals surface area contributed by atoms with Gasteiger partial charge < -0.3 is 9.57 Å². The van der Waals surface area contributed by atoms with Crippen molar-refractivity contribution >= 4 is 45.2 Å². The minimum Gasteiger partial charge on any atom is -0.461 e. The number of carbonyl (C=O) groups excluding carboxylic acids is 2. The van der Waals surface area contributed by atoms with E-state index in [4.69, 9.17) is 9.57 Å². The lowest BCUT2D eigenvalue weighted by molar-refractivity contribution is -0.136. The van der Waals surface area contributed by atoms with Crippen LogP contribution < -0.4 is 0 Å². The number of Topliss-reactive ketones (excluding diaryl/α,β-unsaturated/α-hetero) is 1. The fourth-order valence-corrected chi connectivity index (χ4v) is 2.70. The van der Waals surface area contributed by atoms with Crippen LogP contribution in [0.15, 0.2) is 5.16 Å². The largest absolute Gasteiger partial charge is 0.461 e. The lowest BCUT2D eigenvalue weighted by atomic mass is 10.2. The lowest BCUT2D eigenvalue weighted by Crippen LogP contribution is -2.29. The molecule has 1 aliphatic heterocycles. The Morgan fingerprint density at radius 3 is 2.61 bits per heavy atom. The molecule has 0 bridgehead atoms. The molecule has 0 amide bonds. The van der Waals surface area contributed by atoms with Crippen LogP contribution in [0.5, 0.6) is 0 Å². The molecule has 0 atom stereocenters. The fraction of sp³-hybridized carbons (Fsp3) is 0.727. The molecule has 0 aliphatic carbocycles. The van der Waals surface area contributed by atoms with Crippen LogP contribution >= 0.6 is 27.7 Å². The van der Waals surface area contributed by atoms with Crippen LogP contribution in [-0.2, 0) is 19.2 Å². The van der Waals surface area contributed by atoms with Crippen LogP contribution in [0, 0.1) is 0 Å². The Morgan fingerprint density at radius 2 is 2.06 bits per heavy atom. The van der Waals surface area contributed by atoms with Gasteiger partial charge in [-0.25, -0.2) is 4.79 Å². The second kappa shape index (κ2) is 8.53. The first-order valence-electron chi connectivity index (χ1n) is 5.76. The summed E-state index contributed by atoms with van der Waals surface area (Å²) in [5.41, 5.74) is -0.271. The SMILES string of the molecule is CCOC(=O)C(=NOC1CCSCC1)C(=O)CBr. The average molecular weight is 338 g/mol. The third-order valence-electron chi connectivity index (χ3n) is 2.32. The summed E-state index contributed by atoms with van der Waals surface area (Å²) in [6, 6.07) is 0. The van der Waals surface area contributed by atoms with E-state index in [0.29, 0.717) is 0 Å². The molecule has 0 unspecified atom stereocenters. The Labute approximate surface area is 119 Å². The maximum absolute atomic E-state index is 11.5. The number of esters is 1. The Kier molecular flexibility index (Phi) is 7.34. The van der Waals surface area contributed by atoms with E-state index in [9.17, 15) is 9.59 Å². The molecule has 0 radical (unpaired) electrons. The monoisotopic (exact) mass is 337 g/mol. The fourth-order valence-electron chi connectivity index (χ4n) is 1.37. The highest BCUT2D eigenvalue weighted by Crippen LogP contribution is 2.19. The van der Waals surface area contributed by atoms with E-state index in [1.165, 1.54) is 0 Å². The standard InChI is InChI=1S/C11H16BrNO4S/c1-2-16-11(15)10(9(14)7-12)13-17-8-3-5-18-6-4-8/h8H,2-7H2,1H3. The Hall–Kier alpha value is -0.560. The van der Waals surface area contributed by atoms with Gasteiger partial charge in [-0.05, 0) is 31.3 Å². The smallest absolute Gasteiger partial charge is 0.364 e. The molecule has 0 N–H and O–H groups in total. The number of thioether (sulfide) groups is 1. The predicted molar refractivity (Wildman–Crippen MR) is 74.3 cm³/mol. The van der Waals surface area contributed by atoms with Gasteiger partial charge in [0.05, 0.1) is 11.9 Å². The molecule has 0 saturated carbocycles. The molecule has 18 heavy (non-hydrogen) atoms.